The van der Waals surface area contributed by atoms with Gasteiger partial charge in [0.1, 0.15) is 5.75 Å². The number of para-hydroxylation sites is 1. The first-order valence-electron chi connectivity index (χ1n) is 5.94. The van der Waals surface area contributed by atoms with Crippen LogP contribution in [0.4, 0.5) is 0 Å². The Morgan fingerprint density at radius 3 is 3.06 bits per heavy atom. The van der Waals surface area contributed by atoms with E-state index in [0.29, 0.717) is 12.7 Å². The lowest BCUT2D eigenvalue weighted by molar-refractivity contribution is 0.0898. The van der Waals surface area contributed by atoms with Crippen molar-refractivity contribution in [2.24, 2.45) is 0 Å². The number of aliphatic hydroxyl groups is 1. The fourth-order valence-electron chi connectivity index (χ4n) is 2.00. The summed E-state index contributed by atoms with van der Waals surface area (Å²) in [5.74, 6) is 0.744. The Labute approximate surface area is 110 Å². The quantitative estimate of drug-likeness (QED) is 0.909. The standard InChI is InChI=1S/C13H17BrO3/c14-12-5-1-3-10(9-15)13(12)17-8-6-11-4-2-7-16-11/h1,3,5,11,15H,2,4,6-9H2. The van der Waals surface area contributed by atoms with E-state index < -0.39 is 0 Å². The molecular weight excluding hydrogens is 284 g/mol. The van der Waals surface area contributed by atoms with Crippen molar-refractivity contribution < 1.29 is 14.6 Å². The Kier molecular flexibility index (Phi) is 4.83. The van der Waals surface area contributed by atoms with Crippen LogP contribution in [0.15, 0.2) is 22.7 Å². The number of ether oxygens (including phenoxy) is 2. The third-order valence-corrected chi connectivity index (χ3v) is 3.55. The molecule has 1 saturated heterocycles. The van der Waals surface area contributed by atoms with Gasteiger partial charge >= 0.3 is 0 Å². The summed E-state index contributed by atoms with van der Waals surface area (Å²) < 4.78 is 12.2. The minimum absolute atomic E-state index is 0.00526. The molecule has 1 unspecified atom stereocenters. The van der Waals surface area contributed by atoms with Crippen molar-refractivity contribution in [3.63, 3.8) is 0 Å². The molecule has 1 aromatic carbocycles. The van der Waals surface area contributed by atoms with Gasteiger partial charge < -0.3 is 14.6 Å². The van der Waals surface area contributed by atoms with Crippen LogP contribution in [0.25, 0.3) is 0 Å². The monoisotopic (exact) mass is 300 g/mol. The Balaban J connectivity index is 1.89. The summed E-state index contributed by atoms with van der Waals surface area (Å²) in [6.45, 7) is 1.50. The summed E-state index contributed by atoms with van der Waals surface area (Å²) >= 11 is 3.43. The Morgan fingerprint density at radius 2 is 2.35 bits per heavy atom. The van der Waals surface area contributed by atoms with E-state index in [1.807, 2.05) is 18.2 Å². The summed E-state index contributed by atoms with van der Waals surface area (Å²) in [6, 6.07) is 5.68. The first-order valence-corrected chi connectivity index (χ1v) is 6.73. The molecule has 1 aliphatic rings. The number of benzene rings is 1. The van der Waals surface area contributed by atoms with Gasteiger partial charge in [-0.05, 0) is 34.8 Å². The number of aliphatic hydroxyl groups excluding tert-OH is 1. The largest absolute Gasteiger partial charge is 0.492 e. The van der Waals surface area contributed by atoms with Gasteiger partial charge in [0, 0.05) is 18.6 Å². The molecule has 1 atom stereocenters. The molecule has 0 saturated carbocycles. The number of halogens is 1. The summed E-state index contributed by atoms with van der Waals surface area (Å²) in [5, 5.41) is 9.23. The lowest BCUT2D eigenvalue weighted by Gasteiger charge is -2.14. The second kappa shape index (κ2) is 6.38. The molecule has 2 rings (SSSR count). The third kappa shape index (κ3) is 3.44. The summed E-state index contributed by atoms with van der Waals surface area (Å²) in [4.78, 5) is 0. The van der Waals surface area contributed by atoms with E-state index in [0.717, 1.165) is 41.7 Å². The lowest BCUT2D eigenvalue weighted by Crippen LogP contribution is -2.11. The normalized spacial score (nSPS) is 19.5. The van der Waals surface area contributed by atoms with Gasteiger partial charge in [0.15, 0.2) is 0 Å². The first-order chi connectivity index (χ1) is 8.31. The van der Waals surface area contributed by atoms with Gasteiger partial charge in [0.05, 0.1) is 23.8 Å². The average molecular weight is 301 g/mol. The summed E-state index contributed by atoms with van der Waals surface area (Å²) in [5.41, 5.74) is 0.812. The van der Waals surface area contributed by atoms with Crippen molar-refractivity contribution in [3.8, 4) is 5.75 Å². The molecule has 94 valence electrons. The maximum absolute atomic E-state index is 9.23. The van der Waals surface area contributed by atoms with Gasteiger partial charge in [0.2, 0.25) is 0 Å². The van der Waals surface area contributed by atoms with Gasteiger partial charge in [-0.2, -0.15) is 0 Å². The molecule has 0 spiro atoms. The van der Waals surface area contributed by atoms with Gasteiger partial charge in [-0.1, -0.05) is 12.1 Å². The zero-order chi connectivity index (χ0) is 12.1. The van der Waals surface area contributed by atoms with E-state index in [2.05, 4.69) is 15.9 Å². The minimum atomic E-state index is -0.00526. The van der Waals surface area contributed by atoms with Gasteiger partial charge in [0.25, 0.3) is 0 Å². The molecule has 1 fully saturated rings. The Hall–Kier alpha value is -0.580. The highest BCUT2D eigenvalue weighted by molar-refractivity contribution is 9.10. The van der Waals surface area contributed by atoms with Gasteiger partial charge in [-0.15, -0.1) is 0 Å². The molecule has 1 heterocycles. The molecule has 0 aromatic heterocycles. The van der Waals surface area contributed by atoms with E-state index in [1.165, 1.54) is 0 Å². The summed E-state index contributed by atoms with van der Waals surface area (Å²) in [7, 11) is 0. The van der Waals surface area contributed by atoms with E-state index >= 15 is 0 Å². The second-order valence-corrected chi connectivity index (χ2v) is 5.01. The van der Waals surface area contributed by atoms with E-state index in [4.69, 9.17) is 9.47 Å². The van der Waals surface area contributed by atoms with Crippen LogP contribution in [-0.4, -0.2) is 24.4 Å². The molecule has 1 aliphatic heterocycles. The Bertz CT molecular complexity index is 362. The highest BCUT2D eigenvalue weighted by atomic mass is 79.9. The molecule has 0 radical (unpaired) electrons. The van der Waals surface area contributed by atoms with Crippen LogP contribution in [0, 0.1) is 0 Å². The fourth-order valence-corrected chi connectivity index (χ4v) is 2.53. The summed E-state index contributed by atoms with van der Waals surface area (Å²) in [6.07, 6.45) is 3.54. The molecular formula is C13H17BrO3. The van der Waals surface area contributed by atoms with Crippen LogP contribution in [0.3, 0.4) is 0 Å². The molecule has 1 aromatic rings. The topological polar surface area (TPSA) is 38.7 Å². The third-order valence-electron chi connectivity index (χ3n) is 2.93. The lowest BCUT2D eigenvalue weighted by atomic mass is 10.2. The fraction of sp³-hybridized carbons (Fsp3) is 0.538. The van der Waals surface area contributed by atoms with Crippen LogP contribution in [0.5, 0.6) is 5.75 Å². The maximum Gasteiger partial charge on any atom is 0.138 e. The van der Waals surface area contributed by atoms with Crippen LogP contribution >= 0.6 is 15.9 Å². The number of hydrogen-bond donors (Lipinski definition) is 1. The zero-order valence-electron chi connectivity index (χ0n) is 9.69. The van der Waals surface area contributed by atoms with Crippen molar-refractivity contribution in [2.75, 3.05) is 13.2 Å². The van der Waals surface area contributed by atoms with Crippen molar-refractivity contribution in [2.45, 2.75) is 32.0 Å². The first kappa shape index (κ1) is 12.9. The minimum Gasteiger partial charge on any atom is -0.492 e. The number of hydrogen-bond acceptors (Lipinski definition) is 3. The van der Waals surface area contributed by atoms with Gasteiger partial charge in [-0.25, -0.2) is 0 Å². The molecule has 17 heavy (non-hydrogen) atoms. The molecule has 0 aliphatic carbocycles. The molecule has 4 heteroatoms. The van der Waals surface area contributed by atoms with E-state index in [9.17, 15) is 5.11 Å². The molecule has 0 bridgehead atoms. The van der Waals surface area contributed by atoms with Crippen LogP contribution in [-0.2, 0) is 11.3 Å². The van der Waals surface area contributed by atoms with Crippen LogP contribution in [0.2, 0.25) is 0 Å². The Morgan fingerprint density at radius 1 is 1.47 bits per heavy atom. The number of rotatable bonds is 5. The average Bonchev–Trinajstić information content (AvgIpc) is 2.84. The zero-order valence-corrected chi connectivity index (χ0v) is 11.3. The molecule has 3 nitrogen and oxygen atoms in total. The van der Waals surface area contributed by atoms with Crippen molar-refractivity contribution in [3.05, 3.63) is 28.2 Å². The second-order valence-electron chi connectivity index (χ2n) is 4.16. The van der Waals surface area contributed by atoms with Gasteiger partial charge in [-0.3, -0.25) is 0 Å². The maximum atomic E-state index is 9.23. The SMILES string of the molecule is OCc1cccc(Br)c1OCCC1CCCO1. The van der Waals surface area contributed by atoms with Crippen LogP contribution < -0.4 is 4.74 Å². The molecule has 0 amide bonds. The van der Waals surface area contributed by atoms with E-state index in [1.54, 1.807) is 0 Å². The van der Waals surface area contributed by atoms with Crippen molar-refractivity contribution in [1.82, 2.24) is 0 Å². The molecule has 1 N–H and O–H groups in total. The predicted molar refractivity (Wildman–Crippen MR) is 69.2 cm³/mol. The smallest absolute Gasteiger partial charge is 0.138 e. The predicted octanol–water partition coefficient (Wildman–Crippen LogP) is 2.89. The van der Waals surface area contributed by atoms with E-state index in [-0.39, 0.29) is 6.61 Å². The van der Waals surface area contributed by atoms with Crippen molar-refractivity contribution >= 4 is 15.9 Å². The van der Waals surface area contributed by atoms with Crippen molar-refractivity contribution in [1.29, 1.82) is 0 Å². The highest BCUT2D eigenvalue weighted by Crippen LogP contribution is 2.29. The highest BCUT2D eigenvalue weighted by Gasteiger charge is 2.15. The van der Waals surface area contributed by atoms with Crippen LogP contribution in [0.1, 0.15) is 24.8 Å².